The maximum Gasteiger partial charge on any atom is 0.243 e. The van der Waals surface area contributed by atoms with E-state index in [0.29, 0.717) is 17.2 Å². The number of hydrogen-bond donors (Lipinski definition) is 1. The van der Waals surface area contributed by atoms with E-state index in [0.717, 1.165) is 0 Å². The quantitative estimate of drug-likeness (QED) is 0.593. The van der Waals surface area contributed by atoms with Gasteiger partial charge in [-0.05, 0) is 48.5 Å². The first-order valence-electron chi connectivity index (χ1n) is 10.2. The minimum Gasteiger partial charge on any atom is -0.497 e. The Balaban J connectivity index is 1.61. The highest BCUT2D eigenvalue weighted by Gasteiger charge is 2.45. The molecule has 1 fully saturated rings. The first-order chi connectivity index (χ1) is 15.5. The highest BCUT2D eigenvalue weighted by molar-refractivity contribution is 7.89. The average Bonchev–Trinajstić information content (AvgIpc) is 3.25. The van der Waals surface area contributed by atoms with Gasteiger partial charge in [0.15, 0.2) is 0 Å². The van der Waals surface area contributed by atoms with Gasteiger partial charge in [-0.15, -0.1) is 0 Å². The zero-order valence-electron chi connectivity index (χ0n) is 17.5. The molecule has 2 unspecified atom stereocenters. The first kappa shape index (κ1) is 21.9. The van der Waals surface area contributed by atoms with Gasteiger partial charge in [0.2, 0.25) is 15.9 Å². The second kappa shape index (κ2) is 9.42. The number of methoxy groups -OCH3 is 1. The molecule has 1 amide bonds. The number of para-hydroxylation sites is 2. The van der Waals surface area contributed by atoms with Gasteiger partial charge in [-0.1, -0.05) is 36.4 Å². The van der Waals surface area contributed by atoms with E-state index < -0.39 is 28.1 Å². The van der Waals surface area contributed by atoms with E-state index in [1.165, 1.54) is 23.5 Å². The Morgan fingerprint density at radius 3 is 2.16 bits per heavy atom. The van der Waals surface area contributed by atoms with E-state index in [9.17, 15) is 13.2 Å². The molecule has 0 saturated carbocycles. The summed E-state index contributed by atoms with van der Waals surface area (Å²) in [5.41, 5.74) is 0.603. The highest BCUT2D eigenvalue weighted by Crippen LogP contribution is 2.30. The van der Waals surface area contributed by atoms with Crippen LogP contribution in [0.3, 0.4) is 0 Å². The van der Waals surface area contributed by atoms with E-state index in [1.807, 2.05) is 24.3 Å². The van der Waals surface area contributed by atoms with E-state index in [1.54, 1.807) is 48.5 Å². The van der Waals surface area contributed by atoms with E-state index in [2.05, 4.69) is 5.32 Å². The number of benzene rings is 3. The fourth-order valence-corrected chi connectivity index (χ4v) is 5.31. The zero-order chi connectivity index (χ0) is 22.6. The van der Waals surface area contributed by atoms with E-state index >= 15 is 0 Å². The van der Waals surface area contributed by atoms with Crippen molar-refractivity contribution in [1.82, 2.24) is 4.31 Å². The second-order valence-corrected chi connectivity index (χ2v) is 9.30. The number of rotatable bonds is 7. The van der Waals surface area contributed by atoms with Crippen LogP contribution in [0, 0.1) is 0 Å². The van der Waals surface area contributed by atoms with Gasteiger partial charge in [0.1, 0.15) is 23.6 Å². The summed E-state index contributed by atoms with van der Waals surface area (Å²) in [6.07, 6.45) is -0.222. The van der Waals surface area contributed by atoms with Gasteiger partial charge < -0.3 is 14.8 Å². The van der Waals surface area contributed by atoms with E-state index in [4.69, 9.17) is 9.47 Å². The molecular formula is C24H24N2O5S. The minimum absolute atomic E-state index is 0.0656. The maximum atomic E-state index is 13.4. The average molecular weight is 453 g/mol. The third-order valence-electron chi connectivity index (χ3n) is 5.27. The molecule has 7 nitrogen and oxygen atoms in total. The number of sulfonamides is 1. The topological polar surface area (TPSA) is 84.9 Å². The van der Waals surface area contributed by atoms with Gasteiger partial charge in [-0.3, -0.25) is 4.79 Å². The molecule has 1 aliphatic rings. The number of nitrogens with zero attached hydrogens (tertiary/aromatic N) is 1. The largest absolute Gasteiger partial charge is 0.497 e. The summed E-state index contributed by atoms with van der Waals surface area (Å²) in [4.78, 5) is 13.2. The smallest absolute Gasteiger partial charge is 0.243 e. The lowest BCUT2D eigenvalue weighted by Gasteiger charge is -2.23. The fraction of sp³-hybridized carbons (Fsp3) is 0.208. The number of nitrogens with one attached hydrogen (secondary N) is 1. The van der Waals surface area contributed by atoms with Crippen molar-refractivity contribution in [2.75, 3.05) is 19.0 Å². The van der Waals surface area contributed by atoms with Crippen molar-refractivity contribution in [3.63, 3.8) is 0 Å². The van der Waals surface area contributed by atoms with Crippen LogP contribution in [0.15, 0.2) is 89.8 Å². The van der Waals surface area contributed by atoms with Gasteiger partial charge in [-0.2, -0.15) is 4.31 Å². The molecule has 0 bridgehead atoms. The molecule has 1 N–H and O–H groups in total. The third-order valence-corrected chi connectivity index (χ3v) is 7.16. The number of carbonyl (C=O) groups is 1. The molecule has 3 aromatic carbocycles. The summed E-state index contributed by atoms with van der Waals surface area (Å²) >= 11 is 0. The summed E-state index contributed by atoms with van der Waals surface area (Å²) in [7, 11) is -2.43. The van der Waals surface area contributed by atoms with Crippen molar-refractivity contribution in [3.05, 3.63) is 84.9 Å². The van der Waals surface area contributed by atoms with Crippen LogP contribution in [-0.4, -0.2) is 44.4 Å². The summed E-state index contributed by atoms with van der Waals surface area (Å²) in [5, 5.41) is 2.82. The molecule has 8 heteroatoms. The van der Waals surface area contributed by atoms with Crippen molar-refractivity contribution in [2.24, 2.45) is 0 Å². The molecule has 0 aliphatic carbocycles. The Kier molecular flexibility index (Phi) is 6.43. The fourth-order valence-electron chi connectivity index (χ4n) is 3.68. The molecule has 1 heterocycles. The molecule has 4 rings (SSSR count). The lowest BCUT2D eigenvalue weighted by molar-refractivity contribution is -0.119. The highest BCUT2D eigenvalue weighted by atomic mass is 32.2. The molecule has 2 atom stereocenters. The molecule has 1 aliphatic heterocycles. The molecular weight excluding hydrogens is 428 g/mol. The lowest BCUT2D eigenvalue weighted by Crippen LogP contribution is -2.43. The van der Waals surface area contributed by atoms with Gasteiger partial charge in [0.25, 0.3) is 0 Å². The summed E-state index contributed by atoms with van der Waals surface area (Å²) < 4.78 is 39.2. The van der Waals surface area contributed by atoms with Crippen LogP contribution in [0.1, 0.15) is 6.42 Å². The van der Waals surface area contributed by atoms with Crippen LogP contribution < -0.4 is 14.8 Å². The molecule has 1 saturated heterocycles. The Labute approximate surface area is 187 Å². The first-order valence-corrected chi connectivity index (χ1v) is 11.6. The van der Waals surface area contributed by atoms with Crippen molar-refractivity contribution in [1.29, 1.82) is 0 Å². The molecule has 3 aromatic rings. The SMILES string of the molecule is COc1ccc(S(=O)(=O)N2CC(Oc3ccccc3)CC2C(=O)Nc2ccccc2)cc1. The summed E-state index contributed by atoms with van der Waals surface area (Å²) in [6, 6.07) is 23.3. The van der Waals surface area contributed by atoms with E-state index in [-0.39, 0.29) is 17.9 Å². The Morgan fingerprint density at radius 2 is 1.53 bits per heavy atom. The van der Waals surface area contributed by atoms with Crippen molar-refractivity contribution >= 4 is 21.6 Å². The third kappa shape index (κ3) is 4.76. The molecule has 0 radical (unpaired) electrons. The monoisotopic (exact) mass is 452 g/mol. The van der Waals surface area contributed by atoms with Crippen LogP contribution in [0.5, 0.6) is 11.5 Å². The Morgan fingerprint density at radius 1 is 0.906 bits per heavy atom. The summed E-state index contributed by atoms with van der Waals surface area (Å²) in [5.74, 6) is 0.782. The van der Waals surface area contributed by atoms with Crippen molar-refractivity contribution in [3.8, 4) is 11.5 Å². The van der Waals surface area contributed by atoms with Crippen molar-refractivity contribution < 1.29 is 22.7 Å². The molecule has 0 spiro atoms. The summed E-state index contributed by atoms with van der Waals surface area (Å²) in [6.45, 7) is 0.0656. The van der Waals surface area contributed by atoms with Crippen LogP contribution in [0.2, 0.25) is 0 Å². The van der Waals surface area contributed by atoms with Gasteiger partial charge in [-0.25, -0.2) is 8.42 Å². The van der Waals surface area contributed by atoms with Gasteiger partial charge >= 0.3 is 0 Å². The molecule has 166 valence electrons. The minimum atomic E-state index is -3.94. The maximum absolute atomic E-state index is 13.4. The van der Waals surface area contributed by atoms with Gasteiger partial charge in [0, 0.05) is 12.1 Å². The van der Waals surface area contributed by atoms with Crippen molar-refractivity contribution in [2.45, 2.75) is 23.5 Å². The number of anilines is 1. The van der Waals surface area contributed by atoms with Crippen LogP contribution >= 0.6 is 0 Å². The number of hydrogen-bond acceptors (Lipinski definition) is 5. The van der Waals surface area contributed by atoms with Crippen LogP contribution in [-0.2, 0) is 14.8 Å². The van der Waals surface area contributed by atoms with Crippen LogP contribution in [0.4, 0.5) is 5.69 Å². The van der Waals surface area contributed by atoms with Gasteiger partial charge in [0.05, 0.1) is 18.6 Å². The lowest BCUT2D eigenvalue weighted by atomic mass is 10.2. The number of amides is 1. The second-order valence-electron chi connectivity index (χ2n) is 7.41. The number of ether oxygens (including phenoxy) is 2. The normalized spacial score (nSPS) is 18.8. The Bertz CT molecular complexity index is 1150. The molecule has 32 heavy (non-hydrogen) atoms. The van der Waals surface area contributed by atoms with Crippen LogP contribution in [0.25, 0.3) is 0 Å². The number of carbonyl (C=O) groups excluding carboxylic acids is 1. The zero-order valence-corrected chi connectivity index (χ0v) is 18.4. The standard InChI is InChI=1S/C24H24N2O5S/c1-30-19-12-14-22(15-13-19)32(28,29)26-17-21(31-20-10-6-3-7-11-20)16-23(26)24(27)25-18-8-4-2-5-9-18/h2-15,21,23H,16-17H2,1H3,(H,25,27). The predicted octanol–water partition coefficient (Wildman–Crippen LogP) is 3.54. The molecule has 0 aromatic heterocycles. The Hall–Kier alpha value is -3.36. The predicted molar refractivity (Wildman–Crippen MR) is 121 cm³/mol.